The summed E-state index contributed by atoms with van der Waals surface area (Å²) in [4.78, 5) is 3.86. The van der Waals surface area contributed by atoms with Gasteiger partial charge in [0.15, 0.2) is 0 Å². The molecule has 0 aromatic carbocycles. The number of hydrogen-bond donors (Lipinski definition) is 1. The first-order valence-electron chi connectivity index (χ1n) is 4.59. The van der Waals surface area contributed by atoms with Crippen molar-refractivity contribution in [2.75, 3.05) is 0 Å². The van der Waals surface area contributed by atoms with E-state index in [9.17, 15) is 8.42 Å². The van der Waals surface area contributed by atoms with Crippen LogP contribution in [0.15, 0.2) is 23.2 Å². The zero-order chi connectivity index (χ0) is 11.5. The molecule has 1 heterocycles. The Bertz CT molecular complexity index is 416. The molecule has 0 fully saturated rings. The standard InChI is InChI=1S/C9H13ClN2O2S/c1-3-7(2)12-15(13,14)8-4-5-9(10)11-6-8/h4-7,12H,3H2,1-2H3. The molecule has 0 aliphatic heterocycles. The molecule has 15 heavy (non-hydrogen) atoms. The van der Waals surface area contributed by atoms with Crippen molar-refractivity contribution in [3.63, 3.8) is 0 Å². The van der Waals surface area contributed by atoms with Crippen LogP contribution in [0.4, 0.5) is 0 Å². The van der Waals surface area contributed by atoms with Crippen molar-refractivity contribution in [1.29, 1.82) is 0 Å². The van der Waals surface area contributed by atoms with Gasteiger partial charge < -0.3 is 0 Å². The third kappa shape index (κ3) is 3.44. The number of halogens is 1. The molecular formula is C9H13ClN2O2S. The molecular weight excluding hydrogens is 236 g/mol. The van der Waals surface area contributed by atoms with Gasteiger partial charge >= 0.3 is 0 Å². The molecule has 1 N–H and O–H groups in total. The van der Waals surface area contributed by atoms with E-state index in [0.29, 0.717) is 0 Å². The summed E-state index contributed by atoms with van der Waals surface area (Å²) in [5.41, 5.74) is 0. The van der Waals surface area contributed by atoms with Gasteiger partial charge in [-0.1, -0.05) is 18.5 Å². The largest absolute Gasteiger partial charge is 0.243 e. The van der Waals surface area contributed by atoms with E-state index in [-0.39, 0.29) is 16.1 Å². The number of nitrogens with zero attached hydrogens (tertiary/aromatic N) is 1. The van der Waals surface area contributed by atoms with E-state index in [0.717, 1.165) is 6.42 Å². The van der Waals surface area contributed by atoms with Gasteiger partial charge in [0.1, 0.15) is 10.0 Å². The van der Waals surface area contributed by atoms with Gasteiger partial charge in [-0.15, -0.1) is 0 Å². The Balaban J connectivity index is 2.91. The molecule has 0 aliphatic rings. The minimum atomic E-state index is -3.46. The Labute approximate surface area is 94.7 Å². The van der Waals surface area contributed by atoms with E-state index in [1.54, 1.807) is 6.92 Å². The van der Waals surface area contributed by atoms with E-state index < -0.39 is 10.0 Å². The van der Waals surface area contributed by atoms with E-state index in [1.165, 1.54) is 18.3 Å². The summed E-state index contributed by atoms with van der Waals surface area (Å²) in [6.45, 7) is 3.72. The summed E-state index contributed by atoms with van der Waals surface area (Å²) in [7, 11) is -3.46. The van der Waals surface area contributed by atoms with Gasteiger partial charge in [0.05, 0.1) is 0 Å². The Hall–Kier alpha value is -0.650. The van der Waals surface area contributed by atoms with Crippen LogP contribution in [0.25, 0.3) is 0 Å². The summed E-state index contributed by atoms with van der Waals surface area (Å²) in [6.07, 6.45) is 1.98. The first-order valence-corrected chi connectivity index (χ1v) is 6.45. The Morgan fingerprint density at radius 3 is 2.67 bits per heavy atom. The Morgan fingerprint density at radius 2 is 2.20 bits per heavy atom. The van der Waals surface area contributed by atoms with Crippen LogP contribution in [0.2, 0.25) is 5.15 Å². The van der Waals surface area contributed by atoms with E-state index >= 15 is 0 Å². The second-order valence-corrected chi connectivity index (χ2v) is 5.35. The van der Waals surface area contributed by atoms with Crippen LogP contribution in [0.3, 0.4) is 0 Å². The molecule has 6 heteroatoms. The minimum Gasteiger partial charge on any atom is -0.243 e. The van der Waals surface area contributed by atoms with Gasteiger partial charge in [0.2, 0.25) is 10.0 Å². The van der Waals surface area contributed by atoms with Gasteiger partial charge in [-0.05, 0) is 25.5 Å². The van der Waals surface area contributed by atoms with Crippen LogP contribution in [0.5, 0.6) is 0 Å². The first-order chi connectivity index (χ1) is 6.95. The molecule has 0 saturated carbocycles. The van der Waals surface area contributed by atoms with E-state index in [1.807, 2.05) is 6.92 Å². The zero-order valence-electron chi connectivity index (χ0n) is 8.57. The smallest absolute Gasteiger partial charge is 0.242 e. The first kappa shape index (κ1) is 12.4. The van der Waals surface area contributed by atoms with Crippen LogP contribution < -0.4 is 4.72 Å². The lowest BCUT2D eigenvalue weighted by Crippen LogP contribution is -2.32. The predicted octanol–water partition coefficient (Wildman–Crippen LogP) is 1.81. The quantitative estimate of drug-likeness (QED) is 0.827. The fourth-order valence-electron chi connectivity index (χ4n) is 0.937. The highest BCUT2D eigenvalue weighted by Gasteiger charge is 2.16. The Morgan fingerprint density at radius 1 is 1.53 bits per heavy atom. The fraction of sp³-hybridized carbons (Fsp3) is 0.444. The average molecular weight is 249 g/mol. The highest BCUT2D eigenvalue weighted by Crippen LogP contribution is 2.11. The molecule has 1 unspecified atom stereocenters. The summed E-state index contributed by atoms with van der Waals surface area (Å²) in [5, 5.41) is 0.275. The van der Waals surface area contributed by atoms with Crippen LogP contribution in [0, 0.1) is 0 Å². The number of pyridine rings is 1. The predicted molar refractivity (Wildman–Crippen MR) is 59.3 cm³/mol. The summed E-state index contributed by atoms with van der Waals surface area (Å²) in [5.74, 6) is 0. The molecule has 1 atom stereocenters. The molecule has 0 bridgehead atoms. The number of hydrogen-bond acceptors (Lipinski definition) is 3. The highest BCUT2D eigenvalue weighted by atomic mass is 35.5. The van der Waals surface area contributed by atoms with Gasteiger partial charge in [-0.3, -0.25) is 0 Å². The number of aromatic nitrogens is 1. The summed E-state index contributed by atoms with van der Waals surface area (Å²) >= 11 is 5.57. The minimum absolute atomic E-state index is 0.0920. The van der Waals surface area contributed by atoms with Crippen molar-refractivity contribution in [2.45, 2.75) is 31.2 Å². The molecule has 0 aliphatic carbocycles. The maximum atomic E-state index is 11.7. The lowest BCUT2D eigenvalue weighted by atomic mass is 10.3. The summed E-state index contributed by atoms with van der Waals surface area (Å²) in [6, 6.07) is 2.79. The van der Waals surface area contributed by atoms with Gasteiger partial charge in [0.25, 0.3) is 0 Å². The topological polar surface area (TPSA) is 59.1 Å². The SMILES string of the molecule is CCC(C)NS(=O)(=O)c1ccc(Cl)nc1. The molecule has 1 aromatic rings. The molecule has 1 rings (SSSR count). The van der Waals surface area contributed by atoms with Crippen molar-refractivity contribution in [3.05, 3.63) is 23.5 Å². The molecule has 0 saturated heterocycles. The molecule has 84 valence electrons. The van der Waals surface area contributed by atoms with Crippen molar-refractivity contribution in [2.24, 2.45) is 0 Å². The summed E-state index contributed by atoms with van der Waals surface area (Å²) < 4.78 is 26.0. The van der Waals surface area contributed by atoms with Crippen molar-refractivity contribution >= 4 is 21.6 Å². The monoisotopic (exact) mass is 248 g/mol. The van der Waals surface area contributed by atoms with Gasteiger partial charge in [0, 0.05) is 12.2 Å². The lowest BCUT2D eigenvalue weighted by molar-refractivity contribution is 0.555. The van der Waals surface area contributed by atoms with Crippen LogP contribution >= 0.6 is 11.6 Å². The second-order valence-electron chi connectivity index (χ2n) is 3.25. The molecule has 4 nitrogen and oxygen atoms in total. The van der Waals surface area contributed by atoms with Gasteiger partial charge in [-0.2, -0.15) is 0 Å². The lowest BCUT2D eigenvalue weighted by Gasteiger charge is -2.11. The van der Waals surface area contributed by atoms with Crippen molar-refractivity contribution in [1.82, 2.24) is 9.71 Å². The normalized spacial score (nSPS) is 13.8. The maximum absolute atomic E-state index is 11.7. The highest BCUT2D eigenvalue weighted by molar-refractivity contribution is 7.89. The molecule has 1 aromatic heterocycles. The Kier molecular flexibility index (Phi) is 4.07. The number of nitrogens with one attached hydrogen (secondary N) is 1. The average Bonchev–Trinajstić information content (AvgIpc) is 2.17. The van der Waals surface area contributed by atoms with Crippen LogP contribution in [-0.4, -0.2) is 19.4 Å². The van der Waals surface area contributed by atoms with Crippen molar-refractivity contribution < 1.29 is 8.42 Å². The fourth-order valence-corrected chi connectivity index (χ4v) is 2.32. The van der Waals surface area contributed by atoms with Crippen LogP contribution in [0.1, 0.15) is 20.3 Å². The second kappa shape index (κ2) is 4.92. The van der Waals surface area contributed by atoms with E-state index in [4.69, 9.17) is 11.6 Å². The van der Waals surface area contributed by atoms with Crippen LogP contribution in [-0.2, 0) is 10.0 Å². The number of sulfonamides is 1. The maximum Gasteiger partial charge on any atom is 0.242 e. The molecule has 0 radical (unpaired) electrons. The number of rotatable bonds is 4. The molecule has 0 amide bonds. The molecule has 0 spiro atoms. The third-order valence-corrected chi connectivity index (χ3v) is 3.78. The van der Waals surface area contributed by atoms with Crippen molar-refractivity contribution in [3.8, 4) is 0 Å². The zero-order valence-corrected chi connectivity index (χ0v) is 10.1. The third-order valence-electron chi connectivity index (χ3n) is 1.98. The van der Waals surface area contributed by atoms with Gasteiger partial charge in [-0.25, -0.2) is 18.1 Å². The van der Waals surface area contributed by atoms with E-state index in [2.05, 4.69) is 9.71 Å².